The van der Waals surface area contributed by atoms with Crippen molar-refractivity contribution < 1.29 is 4.74 Å². The lowest BCUT2D eigenvalue weighted by molar-refractivity contribution is 0.0639. The van der Waals surface area contributed by atoms with Gasteiger partial charge in [-0.05, 0) is 14.0 Å². The predicted molar refractivity (Wildman–Crippen MR) is 33.5 cm³/mol. The van der Waals surface area contributed by atoms with E-state index in [0.717, 1.165) is 0 Å². The highest BCUT2D eigenvalue weighted by atomic mass is 16.5. The fourth-order valence-electron chi connectivity index (χ4n) is 0.595. The Morgan fingerprint density at radius 3 is 2.12 bits per heavy atom. The van der Waals surface area contributed by atoms with Gasteiger partial charge in [0, 0.05) is 13.2 Å². The fourth-order valence-corrected chi connectivity index (χ4v) is 0.595. The molecule has 0 aromatic carbocycles. The number of ether oxygens (including phenoxy) is 1. The van der Waals surface area contributed by atoms with Crippen molar-refractivity contribution in [3.63, 3.8) is 0 Å². The van der Waals surface area contributed by atoms with Gasteiger partial charge in [0.15, 0.2) is 0 Å². The van der Waals surface area contributed by atoms with Crippen LogP contribution in [0.1, 0.15) is 6.92 Å². The van der Waals surface area contributed by atoms with Gasteiger partial charge < -0.3 is 10.5 Å². The van der Waals surface area contributed by atoms with E-state index in [4.69, 9.17) is 10.5 Å². The van der Waals surface area contributed by atoms with E-state index < -0.39 is 0 Å². The summed E-state index contributed by atoms with van der Waals surface area (Å²) >= 11 is 0. The largest absolute Gasteiger partial charge is 0.365 e. The first-order valence-electron chi connectivity index (χ1n) is 2.68. The lowest BCUT2D eigenvalue weighted by atomic mass is 10.3. The van der Waals surface area contributed by atoms with Gasteiger partial charge in [-0.3, -0.25) is 5.32 Å². The van der Waals surface area contributed by atoms with Crippen LogP contribution in [0.4, 0.5) is 0 Å². The molecule has 0 heterocycles. The van der Waals surface area contributed by atoms with Gasteiger partial charge in [-0.25, -0.2) is 0 Å². The molecule has 0 aliphatic carbocycles. The maximum absolute atomic E-state index is 5.47. The number of likely N-dealkylation sites (N-methyl/N-ethyl adjacent to an activating group) is 1. The standard InChI is InChI=1S/C5H14N2O/c1-4(6)5(7-2)8-3/h4-5,7H,6H2,1-3H3/t4-,5+/m0/s1. The zero-order valence-corrected chi connectivity index (χ0v) is 5.64. The number of hydrogen-bond acceptors (Lipinski definition) is 3. The molecular weight excluding hydrogens is 104 g/mol. The molecule has 0 rings (SSSR count). The smallest absolute Gasteiger partial charge is 0.122 e. The maximum atomic E-state index is 5.47. The molecule has 0 bridgehead atoms. The van der Waals surface area contributed by atoms with Gasteiger partial charge in [0.1, 0.15) is 6.23 Å². The van der Waals surface area contributed by atoms with E-state index in [1.807, 2.05) is 14.0 Å². The minimum absolute atomic E-state index is 0.0185. The van der Waals surface area contributed by atoms with Crippen LogP contribution < -0.4 is 11.1 Å². The van der Waals surface area contributed by atoms with Crippen LogP contribution in [0.25, 0.3) is 0 Å². The normalized spacial score (nSPS) is 18.0. The van der Waals surface area contributed by atoms with Crippen molar-refractivity contribution in [2.45, 2.75) is 19.2 Å². The van der Waals surface area contributed by atoms with E-state index in [0.29, 0.717) is 0 Å². The molecule has 0 aromatic rings. The molecule has 3 heteroatoms. The van der Waals surface area contributed by atoms with Gasteiger partial charge in [0.2, 0.25) is 0 Å². The van der Waals surface area contributed by atoms with Crippen LogP contribution in [-0.4, -0.2) is 26.4 Å². The number of hydrogen-bond donors (Lipinski definition) is 2. The van der Waals surface area contributed by atoms with E-state index in [9.17, 15) is 0 Å². The molecule has 50 valence electrons. The molecule has 3 nitrogen and oxygen atoms in total. The SMILES string of the molecule is CN[C@H](OC)[C@H](C)N. The van der Waals surface area contributed by atoms with Gasteiger partial charge in [0.05, 0.1) is 0 Å². The van der Waals surface area contributed by atoms with Crippen molar-refractivity contribution in [2.24, 2.45) is 5.73 Å². The van der Waals surface area contributed by atoms with Crippen LogP contribution in [0.3, 0.4) is 0 Å². The minimum atomic E-state index is -0.0185. The number of methoxy groups -OCH3 is 1. The first-order valence-corrected chi connectivity index (χ1v) is 2.68. The topological polar surface area (TPSA) is 47.3 Å². The molecule has 0 saturated heterocycles. The number of rotatable bonds is 3. The van der Waals surface area contributed by atoms with Crippen molar-refractivity contribution in [2.75, 3.05) is 14.2 Å². The molecule has 0 aliphatic rings. The first-order chi connectivity index (χ1) is 3.72. The molecule has 0 spiro atoms. The molecule has 8 heavy (non-hydrogen) atoms. The molecule has 0 aromatic heterocycles. The van der Waals surface area contributed by atoms with Gasteiger partial charge in [-0.1, -0.05) is 0 Å². The van der Waals surface area contributed by atoms with Crippen LogP contribution in [-0.2, 0) is 4.74 Å². The molecule has 2 atom stereocenters. The second-order valence-electron chi connectivity index (χ2n) is 1.80. The van der Waals surface area contributed by atoms with E-state index >= 15 is 0 Å². The molecule has 0 unspecified atom stereocenters. The Morgan fingerprint density at radius 2 is 2.12 bits per heavy atom. The minimum Gasteiger partial charge on any atom is -0.365 e. The second kappa shape index (κ2) is 3.83. The lowest BCUT2D eigenvalue weighted by Gasteiger charge is -2.17. The monoisotopic (exact) mass is 118 g/mol. The molecule has 3 N–H and O–H groups in total. The van der Waals surface area contributed by atoms with Gasteiger partial charge in [-0.15, -0.1) is 0 Å². The summed E-state index contributed by atoms with van der Waals surface area (Å²) in [7, 11) is 3.45. The van der Waals surface area contributed by atoms with Crippen molar-refractivity contribution in [3.8, 4) is 0 Å². The van der Waals surface area contributed by atoms with Crippen LogP contribution in [0.2, 0.25) is 0 Å². The Bertz CT molecular complexity index is 52.4. The van der Waals surface area contributed by atoms with Gasteiger partial charge in [-0.2, -0.15) is 0 Å². The highest BCUT2D eigenvalue weighted by Crippen LogP contribution is 1.86. The zero-order valence-electron chi connectivity index (χ0n) is 5.64. The van der Waals surface area contributed by atoms with Gasteiger partial charge in [0.25, 0.3) is 0 Å². The molecule has 0 radical (unpaired) electrons. The third-order valence-corrected chi connectivity index (χ3v) is 1.02. The summed E-state index contributed by atoms with van der Waals surface area (Å²) in [6.07, 6.45) is -0.0185. The quantitative estimate of drug-likeness (QED) is 0.492. The molecule has 0 saturated carbocycles. The predicted octanol–water partition coefficient (Wildman–Crippen LogP) is -0.474. The average Bonchev–Trinajstić information content (AvgIpc) is 1.69. The Balaban J connectivity index is 3.35. The van der Waals surface area contributed by atoms with Crippen LogP contribution in [0, 0.1) is 0 Å². The third kappa shape index (κ3) is 2.26. The number of nitrogens with one attached hydrogen (secondary N) is 1. The Labute approximate surface area is 50.2 Å². The van der Waals surface area contributed by atoms with Crippen molar-refractivity contribution in [3.05, 3.63) is 0 Å². The lowest BCUT2D eigenvalue weighted by Crippen LogP contribution is -2.42. The molecule has 0 aliphatic heterocycles. The van der Waals surface area contributed by atoms with Crippen molar-refractivity contribution in [1.82, 2.24) is 5.32 Å². The fraction of sp³-hybridized carbons (Fsp3) is 1.00. The summed E-state index contributed by atoms with van der Waals surface area (Å²) in [5, 5.41) is 2.90. The van der Waals surface area contributed by atoms with Crippen LogP contribution >= 0.6 is 0 Å². The summed E-state index contributed by atoms with van der Waals surface area (Å²) < 4.78 is 4.92. The summed E-state index contributed by atoms with van der Waals surface area (Å²) in [5.74, 6) is 0. The summed E-state index contributed by atoms with van der Waals surface area (Å²) in [4.78, 5) is 0. The third-order valence-electron chi connectivity index (χ3n) is 1.02. The van der Waals surface area contributed by atoms with E-state index in [-0.39, 0.29) is 12.3 Å². The summed E-state index contributed by atoms with van der Waals surface area (Å²) in [6, 6.07) is 0.0463. The van der Waals surface area contributed by atoms with Gasteiger partial charge >= 0.3 is 0 Å². The summed E-state index contributed by atoms with van der Waals surface area (Å²) in [5.41, 5.74) is 5.47. The Morgan fingerprint density at radius 1 is 1.62 bits per heavy atom. The Kier molecular flexibility index (Phi) is 3.77. The van der Waals surface area contributed by atoms with E-state index in [1.54, 1.807) is 7.11 Å². The second-order valence-corrected chi connectivity index (χ2v) is 1.80. The highest BCUT2D eigenvalue weighted by molar-refractivity contribution is 4.61. The number of nitrogens with two attached hydrogens (primary N) is 1. The molecule has 0 fully saturated rings. The summed E-state index contributed by atoms with van der Waals surface area (Å²) in [6.45, 7) is 1.89. The van der Waals surface area contributed by atoms with E-state index in [2.05, 4.69) is 5.32 Å². The highest BCUT2D eigenvalue weighted by Gasteiger charge is 2.06. The molecular formula is C5H14N2O. The molecule has 0 amide bonds. The van der Waals surface area contributed by atoms with Crippen LogP contribution in [0.15, 0.2) is 0 Å². The average molecular weight is 118 g/mol. The first kappa shape index (κ1) is 7.88. The Hall–Kier alpha value is -0.120. The van der Waals surface area contributed by atoms with E-state index in [1.165, 1.54) is 0 Å². The van der Waals surface area contributed by atoms with Crippen molar-refractivity contribution >= 4 is 0 Å². The maximum Gasteiger partial charge on any atom is 0.122 e. The van der Waals surface area contributed by atoms with Crippen molar-refractivity contribution in [1.29, 1.82) is 0 Å². The van der Waals surface area contributed by atoms with Crippen LogP contribution in [0.5, 0.6) is 0 Å². The zero-order chi connectivity index (χ0) is 6.57.